The Labute approximate surface area is 146 Å². The van der Waals surface area contributed by atoms with Crippen LogP contribution in [0.2, 0.25) is 0 Å². The van der Waals surface area contributed by atoms with Crippen molar-refractivity contribution in [2.24, 2.45) is 13.0 Å². The summed E-state index contributed by atoms with van der Waals surface area (Å²) in [7, 11) is 1.63. The summed E-state index contributed by atoms with van der Waals surface area (Å²) in [6.07, 6.45) is 4.21. The van der Waals surface area contributed by atoms with Crippen molar-refractivity contribution in [3.05, 3.63) is 46.3 Å². The van der Waals surface area contributed by atoms with Crippen LogP contribution >= 0.6 is 0 Å². The average molecular weight is 344 g/mol. The number of aromatic nitrogens is 2. The first-order chi connectivity index (χ1) is 12.0. The molecule has 2 aromatic heterocycles. The number of piperidine rings is 1. The number of amides is 1. The van der Waals surface area contributed by atoms with Gasteiger partial charge in [-0.3, -0.25) is 9.59 Å². The van der Waals surface area contributed by atoms with Crippen molar-refractivity contribution >= 4 is 11.6 Å². The maximum atomic E-state index is 12.2. The van der Waals surface area contributed by atoms with Crippen LogP contribution in [0.15, 0.2) is 33.6 Å². The summed E-state index contributed by atoms with van der Waals surface area (Å²) in [5.41, 5.74) is 0.713. The lowest BCUT2D eigenvalue weighted by atomic mass is 9.94. The number of aryl methyl sites for hydroxylation is 2. The standard InChI is InChI=1S/C18H24N4O3/c1-13-5-6-16(25-13)11-19-17(23)8-14-4-3-7-22(12-14)15-9-18(24)21(2)20-10-15/h5-6,9-10,14H,3-4,7-8,11-12H2,1-2H3,(H,19,23). The maximum Gasteiger partial charge on any atom is 0.268 e. The van der Waals surface area contributed by atoms with Crippen molar-refractivity contribution in [3.8, 4) is 0 Å². The zero-order chi connectivity index (χ0) is 17.8. The zero-order valence-corrected chi connectivity index (χ0v) is 14.7. The van der Waals surface area contributed by atoms with E-state index in [1.165, 1.54) is 4.68 Å². The Morgan fingerprint density at radius 1 is 1.44 bits per heavy atom. The highest BCUT2D eigenvalue weighted by atomic mass is 16.3. The molecule has 1 N–H and O–H groups in total. The molecule has 0 aliphatic carbocycles. The number of nitrogens with one attached hydrogen (secondary N) is 1. The summed E-state index contributed by atoms with van der Waals surface area (Å²) in [4.78, 5) is 26.1. The third-order valence-electron chi connectivity index (χ3n) is 4.57. The van der Waals surface area contributed by atoms with E-state index in [2.05, 4.69) is 15.3 Å². The van der Waals surface area contributed by atoms with Crippen LogP contribution in [0.25, 0.3) is 0 Å². The Morgan fingerprint density at radius 3 is 3.00 bits per heavy atom. The first-order valence-corrected chi connectivity index (χ1v) is 8.61. The van der Waals surface area contributed by atoms with Crippen LogP contribution < -0.4 is 15.8 Å². The second kappa shape index (κ2) is 7.55. The molecule has 7 heteroatoms. The van der Waals surface area contributed by atoms with Crippen molar-refractivity contribution < 1.29 is 9.21 Å². The number of hydrogen-bond acceptors (Lipinski definition) is 5. The van der Waals surface area contributed by atoms with Gasteiger partial charge in [-0.05, 0) is 37.8 Å². The zero-order valence-electron chi connectivity index (χ0n) is 14.7. The van der Waals surface area contributed by atoms with Gasteiger partial charge in [0, 0.05) is 32.6 Å². The normalized spacial score (nSPS) is 17.5. The Morgan fingerprint density at radius 2 is 2.28 bits per heavy atom. The van der Waals surface area contributed by atoms with Gasteiger partial charge in [0.15, 0.2) is 0 Å². The van der Waals surface area contributed by atoms with E-state index < -0.39 is 0 Å². The van der Waals surface area contributed by atoms with Gasteiger partial charge in [-0.25, -0.2) is 4.68 Å². The molecule has 1 unspecified atom stereocenters. The molecule has 3 rings (SSSR count). The van der Waals surface area contributed by atoms with Crippen molar-refractivity contribution in [1.82, 2.24) is 15.1 Å². The Hall–Kier alpha value is -2.57. The van der Waals surface area contributed by atoms with Crippen LogP contribution in [0.4, 0.5) is 5.69 Å². The summed E-state index contributed by atoms with van der Waals surface area (Å²) >= 11 is 0. The van der Waals surface area contributed by atoms with Gasteiger partial charge in [0.25, 0.3) is 5.56 Å². The topological polar surface area (TPSA) is 80.4 Å². The molecule has 0 saturated carbocycles. The van der Waals surface area contributed by atoms with Crippen LogP contribution in [0.1, 0.15) is 30.8 Å². The van der Waals surface area contributed by atoms with E-state index in [-0.39, 0.29) is 17.4 Å². The van der Waals surface area contributed by atoms with Gasteiger partial charge >= 0.3 is 0 Å². The highest BCUT2D eigenvalue weighted by Crippen LogP contribution is 2.23. The molecule has 25 heavy (non-hydrogen) atoms. The lowest BCUT2D eigenvalue weighted by Gasteiger charge is -2.33. The number of hydrogen-bond donors (Lipinski definition) is 1. The van der Waals surface area contributed by atoms with Crippen LogP contribution in [0.5, 0.6) is 0 Å². The quantitative estimate of drug-likeness (QED) is 0.891. The number of anilines is 1. The molecular formula is C18H24N4O3. The van der Waals surface area contributed by atoms with E-state index in [0.717, 1.165) is 43.1 Å². The third kappa shape index (κ3) is 4.49. The molecule has 1 fully saturated rings. The molecule has 1 aliphatic heterocycles. The van der Waals surface area contributed by atoms with Crippen molar-refractivity contribution in [2.75, 3.05) is 18.0 Å². The van der Waals surface area contributed by atoms with Gasteiger partial charge in [-0.2, -0.15) is 5.10 Å². The first kappa shape index (κ1) is 17.3. The smallest absolute Gasteiger partial charge is 0.268 e. The van der Waals surface area contributed by atoms with Gasteiger partial charge in [0.05, 0.1) is 18.4 Å². The highest BCUT2D eigenvalue weighted by molar-refractivity contribution is 5.76. The fourth-order valence-electron chi connectivity index (χ4n) is 3.20. The van der Waals surface area contributed by atoms with E-state index in [1.54, 1.807) is 19.3 Å². The number of carbonyl (C=O) groups is 1. The van der Waals surface area contributed by atoms with E-state index in [0.29, 0.717) is 13.0 Å². The molecule has 0 radical (unpaired) electrons. The number of rotatable bonds is 5. The fraction of sp³-hybridized carbons (Fsp3) is 0.500. The SMILES string of the molecule is Cc1ccc(CNC(=O)CC2CCCN(c3cnn(C)c(=O)c3)C2)o1. The lowest BCUT2D eigenvalue weighted by molar-refractivity contribution is -0.122. The Balaban J connectivity index is 1.53. The minimum absolute atomic E-state index is 0.0306. The van der Waals surface area contributed by atoms with Gasteiger partial charge < -0.3 is 14.6 Å². The monoisotopic (exact) mass is 344 g/mol. The van der Waals surface area contributed by atoms with Crippen LogP contribution in [-0.2, 0) is 18.4 Å². The molecule has 1 atom stereocenters. The van der Waals surface area contributed by atoms with Crippen molar-refractivity contribution in [2.45, 2.75) is 32.7 Å². The van der Waals surface area contributed by atoms with Crippen molar-refractivity contribution in [1.29, 1.82) is 0 Å². The molecule has 2 aromatic rings. The molecule has 0 aromatic carbocycles. The van der Waals surface area contributed by atoms with Gasteiger partial charge in [-0.15, -0.1) is 0 Å². The molecule has 134 valence electrons. The number of nitrogens with zero attached hydrogens (tertiary/aromatic N) is 3. The maximum absolute atomic E-state index is 12.2. The molecule has 3 heterocycles. The number of carbonyl (C=O) groups excluding carboxylic acids is 1. The van der Waals surface area contributed by atoms with Gasteiger partial charge in [0.2, 0.25) is 5.91 Å². The van der Waals surface area contributed by atoms with E-state index in [9.17, 15) is 9.59 Å². The second-order valence-electron chi connectivity index (χ2n) is 6.62. The first-order valence-electron chi connectivity index (χ1n) is 8.61. The van der Waals surface area contributed by atoms with E-state index in [1.807, 2.05) is 19.1 Å². The molecule has 1 amide bonds. The average Bonchev–Trinajstić information content (AvgIpc) is 3.01. The second-order valence-corrected chi connectivity index (χ2v) is 6.62. The summed E-state index contributed by atoms with van der Waals surface area (Å²) < 4.78 is 6.77. The van der Waals surface area contributed by atoms with Gasteiger partial charge in [0.1, 0.15) is 11.5 Å². The third-order valence-corrected chi connectivity index (χ3v) is 4.57. The van der Waals surface area contributed by atoms with Crippen LogP contribution in [0.3, 0.4) is 0 Å². The van der Waals surface area contributed by atoms with E-state index in [4.69, 9.17) is 4.42 Å². The van der Waals surface area contributed by atoms with E-state index >= 15 is 0 Å². The Bertz CT molecular complexity index is 796. The largest absolute Gasteiger partial charge is 0.465 e. The molecule has 0 bridgehead atoms. The number of furan rings is 1. The molecular weight excluding hydrogens is 320 g/mol. The summed E-state index contributed by atoms with van der Waals surface area (Å²) in [5, 5.41) is 6.99. The lowest BCUT2D eigenvalue weighted by Crippen LogP contribution is -2.38. The minimum Gasteiger partial charge on any atom is -0.465 e. The molecule has 1 aliphatic rings. The fourth-order valence-corrected chi connectivity index (χ4v) is 3.20. The highest BCUT2D eigenvalue weighted by Gasteiger charge is 2.23. The minimum atomic E-state index is -0.119. The summed E-state index contributed by atoms with van der Waals surface area (Å²) in [5.74, 6) is 1.91. The summed E-state index contributed by atoms with van der Waals surface area (Å²) in [6, 6.07) is 5.37. The van der Waals surface area contributed by atoms with Crippen LogP contribution in [0, 0.1) is 12.8 Å². The summed E-state index contributed by atoms with van der Waals surface area (Å²) in [6.45, 7) is 3.95. The predicted octanol–water partition coefficient (Wildman–Crippen LogP) is 1.60. The predicted molar refractivity (Wildman–Crippen MR) is 94.3 cm³/mol. The molecule has 7 nitrogen and oxygen atoms in total. The Kier molecular flexibility index (Phi) is 5.21. The molecule has 1 saturated heterocycles. The van der Waals surface area contributed by atoms with Gasteiger partial charge in [-0.1, -0.05) is 0 Å². The van der Waals surface area contributed by atoms with Crippen molar-refractivity contribution in [3.63, 3.8) is 0 Å². The molecule has 0 spiro atoms. The van der Waals surface area contributed by atoms with Crippen LogP contribution in [-0.4, -0.2) is 28.8 Å².